The Morgan fingerprint density at radius 3 is 2.39 bits per heavy atom. The van der Waals surface area contributed by atoms with E-state index >= 15 is 0 Å². The third kappa shape index (κ3) is 6.61. The van der Waals surface area contributed by atoms with Crippen molar-refractivity contribution in [3.63, 3.8) is 0 Å². The number of Topliss-reactive ketones (excluding diaryl/α,β-unsaturated/α-hetero) is 1. The number of carbonyl (C=O) groups is 1. The predicted molar refractivity (Wildman–Crippen MR) is 132 cm³/mol. The lowest BCUT2D eigenvalue weighted by Crippen LogP contribution is -2.20. The average molecular weight is 445 g/mol. The van der Waals surface area contributed by atoms with Crippen molar-refractivity contribution in [3.05, 3.63) is 42.4 Å². The van der Waals surface area contributed by atoms with Gasteiger partial charge in [0.2, 0.25) is 0 Å². The van der Waals surface area contributed by atoms with Crippen molar-refractivity contribution in [1.29, 1.82) is 0 Å². The molecule has 0 fully saturated rings. The van der Waals surface area contributed by atoms with Crippen molar-refractivity contribution in [2.24, 2.45) is 5.41 Å². The van der Waals surface area contributed by atoms with Gasteiger partial charge >= 0.3 is 0 Å². The molecular formula is C24H36N4O2S. The van der Waals surface area contributed by atoms with E-state index < -0.39 is 15.4 Å². The van der Waals surface area contributed by atoms with Gasteiger partial charge in [-0.25, -0.2) is 20.0 Å². The summed E-state index contributed by atoms with van der Waals surface area (Å²) >= 11 is 0. The maximum absolute atomic E-state index is 13.1. The molecule has 0 unspecified atom stereocenters. The van der Waals surface area contributed by atoms with Gasteiger partial charge in [-0.05, 0) is 30.9 Å². The van der Waals surface area contributed by atoms with Crippen molar-refractivity contribution in [2.45, 2.75) is 41.3 Å². The second-order valence-corrected chi connectivity index (χ2v) is 13.7. The van der Waals surface area contributed by atoms with Crippen LogP contribution >= 0.6 is 10.0 Å². The van der Waals surface area contributed by atoms with Gasteiger partial charge in [0.1, 0.15) is 17.9 Å². The molecule has 0 saturated carbocycles. The Kier molecular flexibility index (Phi) is 8.37. The summed E-state index contributed by atoms with van der Waals surface area (Å²) in [6.07, 6.45) is 12.1. The van der Waals surface area contributed by atoms with Gasteiger partial charge in [-0.15, -0.1) is 0 Å². The highest BCUT2D eigenvalue weighted by atomic mass is 32.3. The number of ether oxygens (including phenoxy) is 1. The maximum atomic E-state index is 13.1. The van der Waals surface area contributed by atoms with E-state index in [1.165, 1.54) is 0 Å². The number of nitrogens with zero attached hydrogens (tertiary/aromatic N) is 4. The van der Waals surface area contributed by atoms with Crippen molar-refractivity contribution < 1.29 is 9.53 Å². The first-order valence-corrected chi connectivity index (χ1v) is 13.6. The van der Waals surface area contributed by atoms with Gasteiger partial charge in [0, 0.05) is 23.6 Å². The summed E-state index contributed by atoms with van der Waals surface area (Å²) in [5.41, 5.74) is 2.68. The molecule has 0 bridgehead atoms. The molecule has 0 spiro atoms. The first kappa shape index (κ1) is 25.0. The first-order chi connectivity index (χ1) is 14.6. The zero-order valence-corrected chi connectivity index (χ0v) is 20.9. The van der Waals surface area contributed by atoms with Crippen molar-refractivity contribution in [1.82, 2.24) is 19.5 Å². The highest BCUT2D eigenvalue weighted by Gasteiger charge is 2.28. The highest BCUT2D eigenvalue weighted by Crippen LogP contribution is 2.33. The number of rotatable bonds is 7. The van der Waals surface area contributed by atoms with Crippen LogP contribution in [0.15, 0.2) is 36.8 Å². The average Bonchev–Trinajstić information content (AvgIpc) is 3.09. The van der Waals surface area contributed by atoms with E-state index in [2.05, 4.69) is 28.7 Å². The summed E-state index contributed by atoms with van der Waals surface area (Å²) in [5.74, 6) is 1.07. The zero-order chi connectivity index (χ0) is 23.2. The monoisotopic (exact) mass is 444 g/mol. The lowest BCUT2D eigenvalue weighted by atomic mass is 9.87. The second kappa shape index (κ2) is 10.4. The smallest absolute Gasteiger partial charge is 0.171 e. The fraction of sp³-hybridized carbons (Fsp3) is 0.500. The van der Waals surface area contributed by atoms with Crippen molar-refractivity contribution >= 4 is 27.0 Å². The zero-order valence-electron chi connectivity index (χ0n) is 20.1. The Balaban J connectivity index is 0.00000166. The Hall–Kier alpha value is -2.25. The molecule has 0 saturated heterocycles. The maximum Gasteiger partial charge on any atom is 0.171 e. The van der Waals surface area contributed by atoms with E-state index in [0.717, 1.165) is 11.4 Å². The minimum atomic E-state index is -0.608. The summed E-state index contributed by atoms with van der Waals surface area (Å²) < 4.78 is 7.77. The van der Waals surface area contributed by atoms with Gasteiger partial charge in [-0.1, -0.05) is 40.7 Å². The van der Waals surface area contributed by atoms with Gasteiger partial charge in [0.05, 0.1) is 24.1 Å². The standard InChI is InChI=1S/C22H30N4O2S.C2H6/c1-22(2,3)20(27)16-14-26(15-28-11-12-29(4,5)6)21-19(16)25-18(13-24-21)17-9-7-8-10-23-17;1-2/h7-10,13-14H,11-12,15H2,1-6H3;1-2H3. The molecule has 170 valence electrons. The van der Waals surface area contributed by atoms with Gasteiger partial charge in [0.15, 0.2) is 11.4 Å². The van der Waals surface area contributed by atoms with Gasteiger partial charge < -0.3 is 9.30 Å². The molecule has 3 rings (SSSR count). The summed E-state index contributed by atoms with van der Waals surface area (Å²) in [4.78, 5) is 26.8. The molecule has 31 heavy (non-hydrogen) atoms. The number of aromatic nitrogens is 4. The number of fused-ring (bicyclic) bond motifs is 1. The Labute approximate surface area is 187 Å². The van der Waals surface area contributed by atoms with Crippen LogP contribution in [0.5, 0.6) is 0 Å². The Morgan fingerprint density at radius 2 is 1.81 bits per heavy atom. The third-order valence-corrected chi connectivity index (χ3v) is 5.88. The van der Waals surface area contributed by atoms with Gasteiger partial charge in [0.25, 0.3) is 0 Å². The van der Waals surface area contributed by atoms with Crippen LogP contribution in [-0.4, -0.2) is 56.4 Å². The van der Waals surface area contributed by atoms with Gasteiger partial charge in [-0.3, -0.25) is 9.78 Å². The summed E-state index contributed by atoms with van der Waals surface area (Å²) in [5, 5.41) is 0. The van der Waals surface area contributed by atoms with Crippen LogP contribution in [0.2, 0.25) is 0 Å². The third-order valence-electron chi connectivity index (χ3n) is 4.49. The number of pyridine rings is 1. The largest absolute Gasteiger partial charge is 0.360 e. The van der Waals surface area contributed by atoms with E-state index in [0.29, 0.717) is 35.8 Å². The van der Waals surface area contributed by atoms with Crippen LogP contribution < -0.4 is 0 Å². The van der Waals surface area contributed by atoms with Crippen LogP contribution in [0.1, 0.15) is 45.0 Å². The first-order valence-electron chi connectivity index (χ1n) is 10.6. The number of carbonyl (C=O) groups excluding carboxylic acids is 1. The fourth-order valence-corrected chi connectivity index (χ4v) is 3.45. The minimum absolute atomic E-state index is 0.0351. The summed E-state index contributed by atoms with van der Waals surface area (Å²) in [6, 6.07) is 5.65. The highest BCUT2D eigenvalue weighted by molar-refractivity contribution is 8.32. The molecule has 0 N–H and O–H groups in total. The molecule has 3 heterocycles. The number of ketones is 1. The van der Waals surface area contributed by atoms with Crippen LogP contribution in [-0.2, 0) is 11.5 Å². The normalized spacial score (nSPS) is 12.4. The van der Waals surface area contributed by atoms with Crippen LogP contribution in [0.4, 0.5) is 0 Å². The Bertz CT molecular complexity index is 1000. The van der Waals surface area contributed by atoms with E-state index in [1.54, 1.807) is 12.4 Å². The topological polar surface area (TPSA) is 69.9 Å². The summed E-state index contributed by atoms with van der Waals surface area (Å²) in [6.45, 7) is 10.8. The molecule has 0 atom stereocenters. The lowest BCUT2D eigenvalue weighted by molar-refractivity contribution is 0.0852. The molecule has 0 radical (unpaired) electrons. The van der Waals surface area contributed by atoms with E-state index in [4.69, 9.17) is 9.72 Å². The molecule has 3 aromatic heterocycles. The Morgan fingerprint density at radius 1 is 1.10 bits per heavy atom. The van der Waals surface area contributed by atoms with Crippen LogP contribution in [0.3, 0.4) is 0 Å². The predicted octanol–water partition coefficient (Wildman–Crippen LogP) is 5.42. The number of hydrogen-bond donors (Lipinski definition) is 0. The quantitative estimate of drug-likeness (QED) is 0.360. The molecular weight excluding hydrogens is 408 g/mol. The van der Waals surface area contributed by atoms with Crippen LogP contribution in [0.25, 0.3) is 22.6 Å². The molecule has 6 nitrogen and oxygen atoms in total. The van der Waals surface area contributed by atoms with Crippen molar-refractivity contribution in [3.8, 4) is 11.4 Å². The molecule has 0 amide bonds. The molecule has 7 heteroatoms. The van der Waals surface area contributed by atoms with E-state index in [9.17, 15) is 4.79 Å². The molecule has 3 aromatic rings. The van der Waals surface area contributed by atoms with Gasteiger partial charge in [-0.2, -0.15) is 0 Å². The van der Waals surface area contributed by atoms with E-state index in [1.807, 2.05) is 63.6 Å². The second-order valence-electron chi connectivity index (χ2n) is 9.07. The molecule has 0 aliphatic carbocycles. The summed E-state index contributed by atoms with van der Waals surface area (Å²) in [7, 11) is -0.608. The number of hydrogen-bond acceptors (Lipinski definition) is 5. The van der Waals surface area contributed by atoms with Crippen molar-refractivity contribution in [2.75, 3.05) is 31.1 Å². The minimum Gasteiger partial charge on any atom is -0.360 e. The molecule has 0 aliphatic rings. The fourth-order valence-electron chi connectivity index (χ4n) is 2.83. The molecule has 0 aromatic carbocycles. The molecule has 0 aliphatic heterocycles. The van der Waals surface area contributed by atoms with Crippen LogP contribution in [0, 0.1) is 5.41 Å². The SMILES string of the molecule is CC.CC(C)(C)C(=O)c1cn(COCCS(C)(C)C)c2ncc(-c3ccccn3)nc12. The lowest BCUT2D eigenvalue weighted by Gasteiger charge is -2.24. The van der Waals surface area contributed by atoms with E-state index in [-0.39, 0.29) is 5.78 Å².